The Bertz CT molecular complexity index is 596. The van der Waals surface area contributed by atoms with Gasteiger partial charge in [-0.2, -0.15) is 0 Å². The number of hydrogen-bond donors (Lipinski definition) is 0. The highest BCUT2D eigenvalue weighted by atomic mass is 35.5. The Morgan fingerprint density at radius 1 is 1.05 bits per heavy atom. The van der Waals surface area contributed by atoms with Crippen molar-refractivity contribution in [3.8, 4) is 0 Å². The molecule has 0 radical (unpaired) electrons. The molecule has 3 rings (SSSR count). The largest absolute Gasteiger partial charge is 0.337 e. The lowest BCUT2D eigenvalue weighted by molar-refractivity contribution is 1.09. The van der Waals surface area contributed by atoms with E-state index in [1.54, 1.807) is 0 Å². The molecule has 0 spiro atoms. The highest BCUT2D eigenvalue weighted by molar-refractivity contribution is 6.66. The predicted molar refractivity (Wildman–Crippen MR) is 96.1 cm³/mol. The van der Waals surface area contributed by atoms with Gasteiger partial charge in [0.05, 0.1) is 0 Å². The highest BCUT2D eigenvalue weighted by Crippen LogP contribution is 2.34. The molecule has 106 valence electrons. The lowest BCUT2D eigenvalue weighted by atomic mass is 10.2. The van der Waals surface area contributed by atoms with Crippen molar-refractivity contribution >= 4 is 44.6 Å². The molecular weight excluding hydrogens is 305 g/mol. The second-order valence-electron chi connectivity index (χ2n) is 5.00. The van der Waals surface area contributed by atoms with E-state index >= 15 is 0 Å². The summed E-state index contributed by atoms with van der Waals surface area (Å²) in [5.41, 5.74) is 7.82. The molecule has 0 N–H and O–H groups in total. The van der Waals surface area contributed by atoms with Crippen LogP contribution < -0.4 is 4.90 Å². The molecule has 0 fully saturated rings. The lowest BCUT2D eigenvalue weighted by Crippen LogP contribution is -2.17. The first-order valence-electron chi connectivity index (χ1n) is 6.35. The Labute approximate surface area is 134 Å². The van der Waals surface area contributed by atoms with Crippen LogP contribution >= 0.6 is 24.8 Å². The predicted octanol–water partition coefficient (Wildman–Crippen LogP) is 4.24. The third-order valence-corrected chi connectivity index (χ3v) is 4.14. The molecule has 4 heteroatoms. The van der Waals surface area contributed by atoms with Crippen LogP contribution in [0.5, 0.6) is 0 Å². The topological polar surface area (TPSA) is 3.24 Å². The fourth-order valence-electron chi connectivity index (χ4n) is 2.49. The number of hydrogen-bond acceptors (Lipinski definition) is 1. The van der Waals surface area contributed by atoms with Gasteiger partial charge < -0.3 is 4.90 Å². The van der Waals surface area contributed by atoms with E-state index in [9.17, 15) is 0 Å². The van der Waals surface area contributed by atoms with Gasteiger partial charge in [0.25, 0.3) is 0 Å². The van der Waals surface area contributed by atoms with E-state index in [0.717, 1.165) is 6.54 Å². The SMILES string of the molecule is C[Si](C)=CC1=CC2=CCN(c3ccccc3)C2=C1.Cl.Cl. The van der Waals surface area contributed by atoms with Gasteiger partial charge in [-0.15, -0.1) is 24.8 Å². The summed E-state index contributed by atoms with van der Waals surface area (Å²) in [5, 5.41) is 0. The third-order valence-electron chi connectivity index (χ3n) is 3.23. The highest BCUT2D eigenvalue weighted by Gasteiger charge is 2.23. The van der Waals surface area contributed by atoms with E-state index in [-0.39, 0.29) is 33.2 Å². The summed E-state index contributed by atoms with van der Waals surface area (Å²) in [7, 11) is -0.313. The van der Waals surface area contributed by atoms with Gasteiger partial charge in [-0.05, 0) is 35.4 Å². The van der Waals surface area contributed by atoms with Crippen LogP contribution in [0.1, 0.15) is 0 Å². The first-order valence-corrected chi connectivity index (χ1v) is 8.93. The van der Waals surface area contributed by atoms with Crippen LogP contribution in [0.4, 0.5) is 5.69 Å². The zero-order valence-corrected chi connectivity index (χ0v) is 14.3. The van der Waals surface area contributed by atoms with Gasteiger partial charge in [0.2, 0.25) is 0 Å². The van der Waals surface area contributed by atoms with Crippen molar-refractivity contribution in [1.82, 2.24) is 0 Å². The van der Waals surface area contributed by atoms with E-state index in [1.165, 1.54) is 22.5 Å². The Hall–Kier alpha value is -1.09. The molecule has 0 bridgehead atoms. The van der Waals surface area contributed by atoms with Crippen LogP contribution in [-0.4, -0.2) is 20.6 Å². The molecule has 1 aromatic rings. The molecule has 1 aliphatic heterocycles. The Morgan fingerprint density at radius 3 is 2.40 bits per heavy atom. The van der Waals surface area contributed by atoms with Crippen molar-refractivity contribution in [2.45, 2.75) is 13.1 Å². The quantitative estimate of drug-likeness (QED) is 0.736. The smallest absolute Gasteiger partial charge is 0.0490 e. The van der Waals surface area contributed by atoms with Crippen LogP contribution in [0.15, 0.2) is 65.4 Å². The molecule has 0 atom stereocenters. The van der Waals surface area contributed by atoms with Crippen molar-refractivity contribution in [1.29, 1.82) is 0 Å². The minimum absolute atomic E-state index is 0. The lowest BCUT2D eigenvalue weighted by Gasteiger charge is -2.20. The van der Waals surface area contributed by atoms with Crippen molar-refractivity contribution in [2.75, 3.05) is 11.4 Å². The fraction of sp³-hybridized carbons (Fsp3) is 0.188. The number of benzene rings is 1. The maximum Gasteiger partial charge on any atom is 0.0490 e. The zero-order chi connectivity index (χ0) is 12.5. The van der Waals surface area contributed by atoms with Crippen molar-refractivity contribution < 1.29 is 0 Å². The molecule has 1 nitrogen and oxygen atoms in total. The summed E-state index contributed by atoms with van der Waals surface area (Å²) in [4.78, 5) is 2.38. The molecule has 1 aliphatic carbocycles. The molecule has 0 aromatic heterocycles. The summed E-state index contributed by atoms with van der Waals surface area (Å²) in [5.74, 6) is 0. The van der Waals surface area contributed by atoms with Crippen LogP contribution in [0, 0.1) is 0 Å². The van der Waals surface area contributed by atoms with Crippen LogP contribution in [0.3, 0.4) is 0 Å². The van der Waals surface area contributed by atoms with Gasteiger partial charge in [0.1, 0.15) is 0 Å². The second-order valence-corrected chi connectivity index (χ2v) is 7.44. The van der Waals surface area contributed by atoms with E-state index in [2.05, 4.69) is 72.2 Å². The van der Waals surface area contributed by atoms with Gasteiger partial charge in [-0.1, -0.05) is 43.0 Å². The molecular formula is C16H19Cl2NSi. The molecule has 1 heterocycles. The van der Waals surface area contributed by atoms with Crippen LogP contribution in [-0.2, 0) is 0 Å². The molecule has 2 aliphatic rings. The van der Waals surface area contributed by atoms with Gasteiger partial charge in [-0.3, -0.25) is 0 Å². The van der Waals surface area contributed by atoms with Gasteiger partial charge in [-0.25, -0.2) is 0 Å². The van der Waals surface area contributed by atoms with E-state index in [1.807, 2.05) is 0 Å². The monoisotopic (exact) mass is 323 g/mol. The van der Waals surface area contributed by atoms with Gasteiger partial charge >= 0.3 is 0 Å². The molecule has 0 unspecified atom stereocenters. The maximum absolute atomic E-state index is 2.42. The average Bonchev–Trinajstić information content (AvgIpc) is 2.88. The summed E-state index contributed by atoms with van der Waals surface area (Å²) in [6.07, 6.45) is 6.96. The zero-order valence-electron chi connectivity index (χ0n) is 11.7. The molecule has 0 saturated heterocycles. The average molecular weight is 324 g/mol. The summed E-state index contributed by atoms with van der Waals surface area (Å²) in [6, 6.07) is 10.6. The Balaban J connectivity index is 0.000001000. The summed E-state index contributed by atoms with van der Waals surface area (Å²) in [6.45, 7) is 5.63. The Kier molecular flexibility index (Phi) is 6.00. The number of nitrogens with zero attached hydrogens (tertiary/aromatic N) is 1. The minimum Gasteiger partial charge on any atom is -0.337 e. The number of fused-ring (bicyclic) bond motifs is 1. The van der Waals surface area contributed by atoms with Gasteiger partial charge in [0.15, 0.2) is 0 Å². The van der Waals surface area contributed by atoms with Crippen LogP contribution in [0.25, 0.3) is 0 Å². The summed E-state index contributed by atoms with van der Waals surface area (Å²) < 4.78 is 0. The molecule has 0 saturated carbocycles. The molecule has 20 heavy (non-hydrogen) atoms. The normalized spacial score (nSPS) is 15.3. The minimum atomic E-state index is -0.313. The number of rotatable bonds is 2. The number of anilines is 1. The number of allylic oxidation sites excluding steroid dienone is 3. The number of halogens is 2. The fourth-order valence-corrected chi connectivity index (χ4v) is 3.32. The Morgan fingerprint density at radius 2 is 1.75 bits per heavy atom. The van der Waals surface area contributed by atoms with Crippen molar-refractivity contribution in [2.24, 2.45) is 0 Å². The standard InChI is InChI=1S/C16H17NSi.2ClH/c1-18(2)12-13-10-14-8-9-17(16(14)11-13)15-6-4-3-5-7-15;;/h3-8,10-12H,9H2,1-2H3;2*1H. The maximum atomic E-state index is 2.42. The summed E-state index contributed by atoms with van der Waals surface area (Å²) >= 11 is 0. The van der Waals surface area contributed by atoms with Crippen molar-refractivity contribution in [3.63, 3.8) is 0 Å². The van der Waals surface area contributed by atoms with Crippen molar-refractivity contribution in [3.05, 3.63) is 65.4 Å². The number of para-hydroxylation sites is 1. The second kappa shape index (κ2) is 7.07. The van der Waals surface area contributed by atoms with Crippen LogP contribution in [0.2, 0.25) is 13.1 Å². The molecule has 0 amide bonds. The third kappa shape index (κ3) is 3.32. The van der Waals surface area contributed by atoms with Gasteiger partial charge in [0, 0.05) is 26.3 Å². The van der Waals surface area contributed by atoms with E-state index < -0.39 is 0 Å². The van der Waals surface area contributed by atoms with E-state index in [4.69, 9.17) is 0 Å². The van der Waals surface area contributed by atoms with E-state index in [0.29, 0.717) is 0 Å². The first kappa shape index (κ1) is 17.0. The molecule has 1 aromatic carbocycles. The first-order chi connectivity index (χ1) is 8.74.